The lowest BCUT2D eigenvalue weighted by molar-refractivity contribution is -0.137. The summed E-state index contributed by atoms with van der Waals surface area (Å²) in [4.78, 5) is 67.3. The molecule has 6 N–H and O–H groups in total. The van der Waals surface area contributed by atoms with E-state index in [9.17, 15) is 28.8 Å². The molecule has 0 aromatic rings. The van der Waals surface area contributed by atoms with Gasteiger partial charge in [-0.1, -0.05) is 0 Å². The number of carbonyl (C=O) groups excluding carboxylic acids is 5. The number of rotatable bonds is 10. The average Bonchev–Trinajstić information content (AvgIpc) is 2.57. The first kappa shape index (κ1) is 24.6. The van der Waals surface area contributed by atoms with Gasteiger partial charge in [0.25, 0.3) is 0 Å². The Morgan fingerprint density at radius 2 is 0.964 bits per heavy atom. The minimum atomic E-state index is -1.23. The summed E-state index contributed by atoms with van der Waals surface area (Å²) in [6.45, 7) is 2.69. The predicted molar refractivity (Wildman–Crippen MR) is 93.9 cm³/mol. The molecular weight excluding hydrogens is 378 g/mol. The maximum atomic E-state index is 11.5. The summed E-state index contributed by atoms with van der Waals surface area (Å²) in [6.07, 6.45) is -0.781. The molecule has 0 atom stereocenters. The van der Waals surface area contributed by atoms with Crippen LogP contribution in [0.1, 0.15) is 20.8 Å². The summed E-state index contributed by atoms with van der Waals surface area (Å²) < 4.78 is 4.93. The molecule has 0 spiro atoms. The van der Waals surface area contributed by atoms with E-state index in [0.29, 0.717) is 0 Å². The van der Waals surface area contributed by atoms with Crippen LogP contribution in [0.15, 0.2) is 0 Å². The van der Waals surface area contributed by atoms with Gasteiger partial charge < -0.3 is 36.4 Å². The van der Waals surface area contributed by atoms with Gasteiger partial charge in [-0.3, -0.25) is 24.0 Å². The number of aliphatic carboxylic acids is 1. The maximum Gasteiger partial charge on any atom is 0.408 e. The van der Waals surface area contributed by atoms with Crippen LogP contribution >= 0.6 is 0 Å². The van der Waals surface area contributed by atoms with Crippen molar-refractivity contribution in [2.75, 3.05) is 32.7 Å². The van der Waals surface area contributed by atoms with E-state index in [0.717, 1.165) is 0 Å². The van der Waals surface area contributed by atoms with Crippen LogP contribution in [0.3, 0.4) is 0 Å². The van der Waals surface area contributed by atoms with Gasteiger partial charge in [0.15, 0.2) is 0 Å². The lowest BCUT2D eigenvalue weighted by Crippen LogP contribution is -2.46. The first-order chi connectivity index (χ1) is 12.9. The Morgan fingerprint density at radius 1 is 0.643 bits per heavy atom. The molecule has 0 unspecified atom stereocenters. The molecule has 0 rings (SSSR count). The monoisotopic (exact) mass is 403 g/mol. The number of nitrogens with one attached hydrogen (secondary N) is 5. The topological polar surface area (TPSA) is 192 Å². The molecule has 0 radical (unpaired) electrons. The molecule has 13 heteroatoms. The number of amides is 5. The lowest BCUT2D eigenvalue weighted by Gasteiger charge is -2.19. The van der Waals surface area contributed by atoms with Crippen molar-refractivity contribution in [1.29, 1.82) is 0 Å². The van der Waals surface area contributed by atoms with Crippen molar-refractivity contribution in [3.63, 3.8) is 0 Å². The van der Waals surface area contributed by atoms with Crippen molar-refractivity contribution in [2.24, 2.45) is 0 Å². The van der Waals surface area contributed by atoms with E-state index in [-0.39, 0.29) is 0 Å². The molecule has 0 fully saturated rings. The molecule has 0 aromatic carbocycles. The molecule has 28 heavy (non-hydrogen) atoms. The highest BCUT2D eigenvalue weighted by Crippen LogP contribution is 2.05. The predicted octanol–water partition coefficient (Wildman–Crippen LogP) is -2.94. The molecule has 0 aromatic heterocycles. The first-order valence-corrected chi connectivity index (χ1v) is 8.14. The van der Waals surface area contributed by atoms with Crippen molar-refractivity contribution in [3.05, 3.63) is 0 Å². The van der Waals surface area contributed by atoms with E-state index in [4.69, 9.17) is 9.84 Å². The molecule has 13 nitrogen and oxygen atoms in total. The van der Waals surface area contributed by atoms with Gasteiger partial charge in [-0.25, -0.2) is 4.79 Å². The summed E-state index contributed by atoms with van der Waals surface area (Å²) in [5.74, 6) is -3.92. The van der Waals surface area contributed by atoms with E-state index in [1.54, 1.807) is 20.8 Å². The standard InChI is InChI=1S/C15H25N5O8/c1-15(2,3)28-14(27)20-7-12(24)18-5-10(22)16-4-9(21)17-6-11(23)19-8-13(25)26/h4-8H2,1-3H3,(H,16,22)(H,17,21)(H,18,24)(H,19,23)(H,20,27)(H,25,26). The van der Waals surface area contributed by atoms with Crippen LogP contribution in [-0.4, -0.2) is 79.1 Å². The largest absolute Gasteiger partial charge is 0.480 e. The quantitative estimate of drug-likeness (QED) is 0.223. The molecule has 0 heterocycles. The Kier molecular flexibility index (Phi) is 10.6. The van der Waals surface area contributed by atoms with E-state index in [1.165, 1.54) is 0 Å². The van der Waals surface area contributed by atoms with Crippen LogP contribution < -0.4 is 26.6 Å². The molecule has 0 saturated heterocycles. The highest BCUT2D eigenvalue weighted by Gasteiger charge is 2.16. The van der Waals surface area contributed by atoms with Crippen molar-refractivity contribution in [1.82, 2.24) is 26.6 Å². The highest BCUT2D eigenvalue weighted by atomic mass is 16.6. The van der Waals surface area contributed by atoms with E-state index in [2.05, 4.69) is 21.3 Å². The third kappa shape index (κ3) is 14.9. The Balaban J connectivity index is 3.90. The van der Waals surface area contributed by atoms with Crippen molar-refractivity contribution in [3.8, 4) is 0 Å². The summed E-state index contributed by atoms with van der Waals surface area (Å²) >= 11 is 0. The van der Waals surface area contributed by atoms with Crippen LogP contribution in [-0.2, 0) is 28.7 Å². The van der Waals surface area contributed by atoms with Crippen LogP contribution in [0.5, 0.6) is 0 Å². The minimum Gasteiger partial charge on any atom is -0.480 e. The number of carboxylic acid groups (broad SMARTS) is 1. The van der Waals surface area contributed by atoms with Crippen LogP contribution in [0.2, 0.25) is 0 Å². The zero-order valence-corrected chi connectivity index (χ0v) is 15.8. The average molecular weight is 403 g/mol. The molecule has 0 aliphatic rings. The van der Waals surface area contributed by atoms with Crippen molar-refractivity contribution >= 4 is 35.7 Å². The molecule has 5 amide bonds. The molecule has 158 valence electrons. The summed E-state index contributed by atoms with van der Waals surface area (Å²) in [5.41, 5.74) is -0.710. The molecule has 0 saturated carbocycles. The van der Waals surface area contributed by atoms with E-state index >= 15 is 0 Å². The number of hydrogen-bond donors (Lipinski definition) is 6. The van der Waals surface area contributed by atoms with Crippen molar-refractivity contribution in [2.45, 2.75) is 26.4 Å². The van der Waals surface area contributed by atoms with Crippen molar-refractivity contribution < 1.29 is 38.6 Å². The van der Waals surface area contributed by atoms with Crippen LogP contribution in [0.25, 0.3) is 0 Å². The highest BCUT2D eigenvalue weighted by molar-refractivity contribution is 5.91. The minimum absolute atomic E-state index is 0.395. The van der Waals surface area contributed by atoms with Gasteiger partial charge in [-0.05, 0) is 20.8 Å². The van der Waals surface area contributed by atoms with Crippen LogP contribution in [0.4, 0.5) is 4.79 Å². The van der Waals surface area contributed by atoms with E-state index in [1.807, 2.05) is 5.32 Å². The van der Waals surface area contributed by atoms with Gasteiger partial charge in [0.2, 0.25) is 23.6 Å². The first-order valence-electron chi connectivity index (χ1n) is 8.14. The van der Waals surface area contributed by atoms with E-state index < -0.39 is 74.0 Å². The third-order valence-corrected chi connectivity index (χ3v) is 2.57. The van der Waals surface area contributed by atoms with Gasteiger partial charge >= 0.3 is 12.1 Å². The Bertz CT molecular complexity index is 614. The Morgan fingerprint density at radius 3 is 1.29 bits per heavy atom. The normalized spacial score (nSPS) is 10.2. The summed E-state index contributed by atoms with van der Waals surface area (Å²) in [5, 5.41) is 19.2. The zero-order chi connectivity index (χ0) is 21.7. The smallest absolute Gasteiger partial charge is 0.408 e. The summed E-state index contributed by atoms with van der Waals surface area (Å²) in [7, 11) is 0. The second-order valence-corrected chi connectivity index (χ2v) is 6.36. The van der Waals surface area contributed by atoms with Gasteiger partial charge in [0.05, 0.1) is 19.6 Å². The number of carbonyl (C=O) groups is 6. The number of alkyl carbamates (subject to hydrolysis) is 1. The summed E-state index contributed by atoms with van der Waals surface area (Å²) in [6, 6.07) is 0. The Hall–Kier alpha value is -3.38. The van der Waals surface area contributed by atoms with Gasteiger partial charge in [0, 0.05) is 0 Å². The molecule has 0 bridgehead atoms. The fourth-order valence-electron chi connectivity index (χ4n) is 1.43. The lowest BCUT2D eigenvalue weighted by atomic mass is 10.2. The third-order valence-electron chi connectivity index (χ3n) is 2.57. The van der Waals surface area contributed by atoms with Gasteiger partial charge in [-0.2, -0.15) is 0 Å². The SMILES string of the molecule is CC(C)(C)OC(=O)NCC(=O)NCC(=O)NCC(=O)NCC(=O)NCC(=O)O. The van der Waals surface area contributed by atoms with Gasteiger partial charge in [-0.15, -0.1) is 0 Å². The molecule has 0 aliphatic carbocycles. The molecule has 0 aliphatic heterocycles. The fraction of sp³-hybridized carbons (Fsp3) is 0.600. The second-order valence-electron chi connectivity index (χ2n) is 6.36. The number of ether oxygens (including phenoxy) is 1. The maximum absolute atomic E-state index is 11.5. The number of hydrogen-bond acceptors (Lipinski definition) is 7. The fourth-order valence-corrected chi connectivity index (χ4v) is 1.43. The van der Waals surface area contributed by atoms with Crippen LogP contribution in [0, 0.1) is 0 Å². The second kappa shape index (κ2) is 12.1. The molecular formula is C15H25N5O8. The van der Waals surface area contributed by atoms with Gasteiger partial charge in [0.1, 0.15) is 18.7 Å². The zero-order valence-electron chi connectivity index (χ0n) is 15.8. The Labute approximate surface area is 160 Å². The number of carboxylic acids is 1.